The Morgan fingerprint density at radius 3 is 2.69 bits per heavy atom. The minimum atomic E-state index is -0.776. The van der Waals surface area contributed by atoms with Gasteiger partial charge in [0, 0.05) is 23.9 Å². The molecule has 26 heavy (non-hydrogen) atoms. The number of ether oxygens (including phenoxy) is 1. The van der Waals surface area contributed by atoms with E-state index >= 15 is 0 Å². The maximum absolute atomic E-state index is 13.6. The van der Waals surface area contributed by atoms with Crippen LogP contribution in [0.5, 0.6) is 5.75 Å². The zero-order valence-electron chi connectivity index (χ0n) is 14.3. The van der Waals surface area contributed by atoms with Crippen LogP contribution >= 0.6 is 11.3 Å². The van der Waals surface area contributed by atoms with Crippen LogP contribution in [0.1, 0.15) is 12.6 Å². The van der Waals surface area contributed by atoms with E-state index in [1.807, 2.05) is 35.7 Å². The van der Waals surface area contributed by atoms with Gasteiger partial charge in [-0.1, -0.05) is 42.5 Å². The highest BCUT2D eigenvalue weighted by molar-refractivity contribution is 7.13. The van der Waals surface area contributed by atoms with Crippen molar-refractivity contribution in [1.29, 1.82) is 0 Å². The molecule has 0 aliphatic carbocycles. The third-order valence-corrected chi connectivity index (χ3v) is 4.70. The first-order valence-electron chi connectivity index (χ1n) is 8.32. The Morgan fingerprint density at radius 1 is 1.19 bits per heavy atom. The van der Waals surface area contributed by atoms with Crippen molar-refractivity contribution in [2.45, 2.75) is 19.4 Å². The van der Waals surface area contributed by atoms with Crippen LogP contribution in [0.15, 0.2) is 60.0 Å². The Hall–Kier alpha value is -2.73. The molecule has 2 aromatic carbocycles. The summed E-state index contributed by atoms with van der Waals surface area (Å²) in [4.78, 5) is 16.7. The zero-order valence-corrected chi connectivity index (χ0v) is 15.1. The second-order valence-corrected chi connectivity index (χ2v) is 6.60. The van der Waals surface area contributed by atoms with E-state index < -0.39 is 11.9 Å². The lowest BCUT2D eigenvalue weighted by atomic mass is 10.2. The highest BCUT2D eigenvalue weighted by Crippen LogP contribution is 2.23. The highest BCUT2D eigenvalue weighted by atomic mass is 32.1. The van der Waals surface area contributed by atoms with Gasteiger partial charge in [-0.3, -0.25) is 4.79 Å². The number of benzene rings is 2. The first-order valence-corrected chi connectivity index (χ1v) is 9.20. The fourth-order valence-electron chi connectivity index (χ4n) is 2.38. The Morgan fingerprint density at radius 2 is 1.92 bits per heavy atom. The van der Waals surface area contributed by atoms with Gasteiger partial charge in [0.1, 0.15) is 5.01 Å². The predicted octanol–water partition coefficient (Wildman–Crippen LogP) is 4.08. The fourth-order valence-corrected chi connectivity index (χ4v) is 3.24. The third kappa shape index (κ3) is 4.67. The van der Waals surface area contributed by atoms with Crippen molar-refractivity contribution < 1.29 is 13.9 Å². The molecule has 0 fully saturated rings. The molecular formula is C20H19FN2O2S. The topological polar surface area (TPSA) is 51.2 Å². The second-order valence-electron chi connectivity index (χ2n) is 5.74. The highest BCUT2D eigenvalue weighted by Gasteiger charge is 2.16. The number of carbonyl (C=O) groups is 1. The van der Waals surface area contributed by atoms with E-state index in [1.54, 1.807) is 30.4 Å². The second kappa shape index (κ2) is 8.58. The molecule has 4 nitrogen and oxygen atoms in total. The molecule has 0 unspecified atom stereocenters. The van der Waals surface area contributed by atoms with E-state index in [1.165, 1.54) is 12.1 Å². The van der Waals surface area contributed by atoms with Gasteiger partial charge in [0.2, 0.25) is 0 Å². The molecule has 134 valence electrons. The number of halogens is 1. The van der Waals surface area contributed by atoms with Crippen LogP contribution in [-0.4, -0.2) is 23.5 Å². The normalized spacial score (nSPS) is 11.8. The monoisotopic (exact) mass is 370 g/mol. The molecule has 0 radical (unpaired) electrons. The Labute approximate surface area is 155 Å². The van der Waals surface area contributed by atoms with Gasteiger partial charge in [0.25, 0.3) is 5.91 Å². The summed E-state index contributed by atoms with van der Waals surface area (Å²) in [6.45, 7) is 2.04. The van der Waals surface area contributed by atoms with E-state index in [9.17, 15) is 9.18 Å². The number of carbonyl (C=O) groups excluding carboxylic acids is 1. The first kappa shape index (κ1) is 18.1. The van der Waals surface area contributed by atoms with Crippen LogP contribution in [-0.2, 0) is 11.2 Å². The average Bonchev–Trinajstić information content (AvgIpc) is 3.13. The first-order chi connectivity index (χ1) is 12.6. The van der Waals surface area contributed by atoms with Gasteiger partial charge in [-0.05, 0) is 19.1 Å². The number of aromatic nitrogens is 1. The molecule has 3 aromatic rings. The number of nitrogens with zero attached hydrogens (tertiary/aromatic N) is 1. The molecule has 1 N–H and O–H groups in total. The largest absolute Gasteiger partial charge is 0.478 e. The quantitative estimate of drug-likeness (QED) is 0.682. The third-order valence-electron chi connectivity index (χ3n) is 3.76. The summed E-state index contributed by atoms with van der Waals surface area (Å²) in [5, 5.41) is 5.75. The van der Waals surface area contributed by atoms with Crippen LogP contribution in [0, 0.1) is 5.82 Å². The van der Waals surface area contributed by atoms with E-state index in [4.69, 9.17) is 4.74 Å². The van der Waals surface area contributed by atoms with Gasteiger partial charge in [-0.25, -0.2) is 9.37 Å². The summed E-state index contributed by atoms with van der Waals surface area (Å²) in [7, 11) is 0. The Balaban J connectivity index is 1.48. The molecule has 1 amide bonds. The summed E-state index contributed by atoms with van der Waals surface area (Å²) >= 11 is 1.58. The number of nitrogens with one attached hydrogen (secondary N) is 1. The summed E-state index contributed by atoms with van der Waals surface area (Å²) in [6.07, 6.45) is -0.149. The van der Waals surface area contributed by atoms with Crippen LogP contribution < -0.4 is 10.1 Å². The lowest BCUT2D eigenvalue weighted by molar-refractivity contribution is -0.127. The summed E-state index contributed by atoms with van der Waals surface area (Å²) < 4.78 is 18.9. The molecule has 6 heteroatoms. The van der Waals surface area contributed by atoms with Gasteiger partial charge in [-0.15, -0.1) is 11.3 Å². The maximum atomic E-state index is 13.6. The lowest BCUT2D eigenvalue weighted by Crippen LogP contribution is -2.37. The SMILES string of the molecule is C[C@H](Oc1ccccc1F)C(=O)NCCc1csc(-c2ccccc2)n1. The van der Waals surface area contributed by atoms with Crippen LogP contribution in [0.2, 0.25) is 0 Å². The zero-order chi connectivity index (χ0) is 18.4. The van der Waals surface area contributed by atoms with Gasteiger partial charge < -0.3 is 10.1 Å². The number of thiazole rings is 1. The molecule has 0 saturated heterocycles. The number of rotatable bonds is 7. The molecular weight excluding hydrogens is 351 g/mol. The number of para-hydroxylation sites is 1. The predicted molar refractivity (Wildman–Crippen MR) is 101 cm³/mol. The lowest BCUT2D eigenvalue weighted by Gasteiger charge is -2.14. The van der Waals surface area contributed by atoms with Crippen molar-refractivity contribution in [1.82, 2.24) is 10.3 Å². The molecule has 0 saturated carbocycles. The molecule has 3 rings (SSSR count). The smallest absolute Gasteiger partial charge is 0.260 e. The Kier molecular flexibility index (Phi) is 5.96. The molecule has 0 aliphatic rings. The molecule has 1 aromatic heterocycles. The van der Waals surface area contributed by atoms with Crippen molar-refractivity contribution in [3.63, 3.8) is 0 Å². The van der Waals surface area contributed by atoms with Crippen molar-refractivity contribution in [2.75, 3.05) is 6.54 Å². The Bertz CT molecular complexity index is 867. The molecule has 0 bridgehead atoms. The van der Waals surface area contributed by atoms with Crippen molar-refractivity contribution >= 4 is 17.2 Å². The number of hydrogen-bond acceptors (Lipinski definition) is 4. The van der Waals surface area contributed by atoms with E-state index in [0.29, 0.717) is 13.0 Å². The van der Waals surface area contributed by atoms with Crippen molar-refractivity contribution in [3.05, 3.63) is 71.5 Å². The van der Waals surface area contributed by atoms with Crippen molar-refractivity contribution in [2.24, 2.45) is 0 Å². The standard InChI is InChI=1S/C20H19FN2O2S/c1-14(25-18-10-6-5-9-17(18)21)19(24)22-12-11-16-13-26-20(23-16)15-7-3-2-4-8-15/h2-10,13-14H,11-12H2,1H3,(H,22,24)/t14-/m0/s1. The number of amides is 1. The molecule has 0 aliphatic heterocycles. The summed E-state index contributed by atoms with van der Waals surface area (Å²) in [6, 6.07) is 16.0. The summed E-state index contributed by atoms with van der Waals surface area (Å²) in [5.74, 6) is -0.697. The van der Waals surface area contributed by atoms with E-state index in [0.717, 1.165) is 16.3 Å². The van der Waals surface area contributed by atoms with E-state index in [2.05, 4.69) is 10.3 Å². The van der Waals surface area contributed by atoms with Crippen molar-refractivity contribution in [3.8, 4) is 16.3 Å². The van der Waals surface area contributed by atoms with Crippen LogP contribution in [0.4, 0.5) is 4.39 Å². The minimum Gasteiger partial charge on any atom is -0.478 e. The maximum Gasteiger partial charge on any atom is 0.260 e. The van der Waals surface area contributed by atoms with Gasteiger partial charge in [0.15, 0.2) is 17.7 Å². The summed E-state index contributed by atoms with van der Waals surface area (Å²) in [5.41, 5.74) is 2.01. The van der Waals surface area contributed by atoms with Gasteiger partial charge in [-0.2, -0.15) is 0 Å². The fraction of sp³-hybridized carbons (Fsp3) is 0.200. The molecule has 1 heterocycles. The van der Waals surface area contributed by atoms with Gasteiger partial charge in [0.05, 0.1) is 5.69 Å². The minimum absolute atomic E-state index is 0.0714. The van der Waals surface area contributed by atoms with E-state index in [-0.39, 0.29) is 11.7 Å². The molecule has 1 atom stereocenters. The number of hydrogen-bond donors (Lipinski definition) is 1. The van der Waals surface area contributed by atoms with Crippen LogP contribution in [0.25, 0.3) is 10.6 Å². The molecule has 0 spiro atoms. The van der Waals surface area contributed by atoms with Gasteiger partial charge >= 0.3 is 0 Å². The van der Waals surface area contributed by atoms with Crippen LogP contribution in [0.3, 0.4) is 0 Å². The average molecular weight is 370 g/mol.